The summed E-state index contributed by atoms with van der Waals surface area (Å²) in [4.78, 5) is 20.0. The number of carbonyl (C=O) groups is 1. The lowest BCUT2D eigenvalue weighted by Crippen LogP contribution is -1.97. The van der Waals surface area contributed by atoms with Gasteiger partial charge in [0.1, 0.15) is 5.75 Å². The number of hydrogen-bond donors (Lipinski definition) is 1. The molecule has 6 heteroatoms. The molecule has 1 rings (SSSR count). The molecule has 0 bridgehead atoms. The number of amides is 1. The van der Waals surface area contributed by atoms with Crippen LogP contribution >= 0.6 is 0 Å². The number of ether oxygens (including phenoxy) is 1. The van der Waals surface area contributed by atoms with Crippen LogP contribution in [0.4, 0.5) is 11.4 Å². The van der Waals surface area contributed by atoms with Gasteiger partial charge in [-0.25, -0.2) is 0 Å². The smallest absolute Gasteiger partial charge is 0.275 e. The van der Waals surface area contributed by atoms with Crippen molar-refractivity contribution in [2.24, 2.45) is 0 Å². The molecule has 1 aromatic rings. The molecule has 0 aliphatic rings. The van der Waals surface area contributed by atoms with E-state index in [1.54, 1.807) is 0 Å². The largest absolute Gasteiger partial charge is 0.496 e. The standard InChI is InChI=1S/C8H8N2O4/c1-14-8-3-6(9-5-11)2-7(4-8)10(12)13/h2-5H,1H3,(H,9,11). The zero-order valence-corrected chi connectivity index (χ0v) is 7.39. The van der Waals surface area contributed by atoms with Crippen LogP contribution in [0.1, 0.15) is 0 Å². The van der Waals surface area contributed by atoms with Crippen LogP contribution < -0.4 is 10.1 Å². The summed E-state index contributed by atoms with van der Waals surface area (Å²) in [6.07, 6.45) is 0.443. The van der Waals surface area contributed by atoms with Crippen LogP contribution in [0.3, 0.4) is 0 Å². The van der Waals surface area contributed by atoms with Gasteiger partial charge in [-0.2, -0.15) is 0 Å². The van der Waals surface area contributed by atoms with Crippen LogP contribution in [-0.4, -0.2) is 18.4 Å². The highest BCUT2D eigenvalue weighted by Gasteiger charge is 2.09. The first-order chi connectivity index (χ1) is 6.67. The van der Waals surface area contributed by atoms with Gasteiger partial charge in [-0.3, -0.25) is 14.9 Å². The average molecular weight is 196 g/mol. The highest BCUT2D eigenvalue weighted by molar-refractivity contribution is 5.73. The fourth-order valence-electron chi connectivity index (χ4n) is 0.958. The molecule has 0 saturated carbocycles. The van der Waals surface area contributed by atoms with Crippen molar-refractivity contribution in [3.05, 3.63) is 28.3 Å². The van der Waals surface area contributed by atoms with Gasteiger partial charge < -0.3 is 10.1 Å². The monoisotopic (exact) mass is 196 g/mol. The fraction of sp³-hybridized carbons (Fsp3) is 0.125. The zero-order valence-electron chi connectivity index (χ0n) is 7.39. The third-order valence-electron chi connectivity index (χ3n) is 1.56. The SMILES string of the molecule is COc1cc(NC=O)cc([N+](=O)[O-])c1. The second-order valence-corrected chi connectivity index (χ2v) is 2.44. The van der Waals surface area contributed by atoms with Crippen molar-refractivity contribution < 1.29 is 14.5 Å². The maximum atomic E-state index is 10.5. The lowest BCUT2D eigenvalue weighted by molar-refractivity contribution is -0.384. The third kappa shape index (κ3) is 2.19. The summed E-state index contributed by atoms with van der Waals surface area (Å²) in [5.41, 5.74) is 0.194. The number of hydrogen-bond acceptors (Lipinski definition) is 4. The number of methoxy groups -OCH3 is 1. The van der Waals surface area contributed by atoms with Crippen molar-refractivity contribution in [3.8, 4) is 5.75 Å². The first kappa shape index (κ1) is 9.97. The van der Waals surface area contributed by atoms with E-state index < -0.39 is 4.92 Å². The van der Waals surface area contributed by atoms with Gasteiger partial charge in [0.05, 0.1) is 23.8 Å². The van der Waals surface area contributed by atoms with E-state index in [4.69, 9.17) is 4.74 Å². The predicted molar refractivity (Wildman–Crippen MR) is 49.3 cm³/mol. The van der Waals surface area contributed by atoms with E-state index >= 15 is 0 Å². The first-order valence-electron chi connectivity index (χ1n) is 3.71. The quantitative estimate of drug-likeness (QED) is 0.445. The normalized spacial score (nSPS) is 9.21. The van der Waals surface area contributed by atoms with Crippen LogP contribution in [0.2, 0.25) is 0 Å². The number of benzene rings is 1. The van der Waals surface area contributed by atoms with Gasteiger partial charge in [-0.1, -0.05) is 0 Å². The number of anilines is 1. The Balaban J connectivity index is 3.12. The van der Waals surface area contributed by atoms with Crippen molar-refractivity contribution in [2.75, 3.05) is 12.4 Å². The Labute approximate surface area is 79.6 Å². The maximum absolute atomic E-state index is 10.5. The van der Waals surface area contributed by atoms with E-state index in [1.165, 1.54) is 25.3 Å². The Morgan fingerprint density at radius 2 is 2.21 bits per heavy atom. The summed E-state index contributed by atoms with van der Waals surface area (Å²) in [5.74, 6) is 0.323. The minimum Gasteiger partial charge on any atom is -0.496 e. The van der Waals surface area contributed by atoms with Gasteiger partial charge in [-0.15, -0.1) is 0 Å². The van der Waals surface area contributed by atoms with Crippen molar-refractivity contribution in [1.82, 2.24) is 0 Å². The van der Waals surface area contributed by atoms with Crippen molar-refractivity contribution in [2.45, 2.75) is 0 Å². The Morgan fingerprint density at radius 3 is 2.71 bits per heavy atom. The molecule has 0 radical (unpaired) electrons. The van der Waals surface area contributed by atoms with Gasteiger partial charge in [0, 0.05) is 12.1 Å². The highest BCUT2D eigenvalue weighted by Crippen LogP contribution is 2.25. The number of nitrogens with zero attached hydrogens (tertiary/aromatic N) is 1. The Hall–Kier alpha value is -2.11. The Morgan fingerprint density at radius 1 is 1.50 bits per heavy atom. The van der Waals surface area contributed by atoms with E-state index in [2.05, 4.69) is 5.32 Å². The summed E-state index contributed by atoms with van der Waals surface area (Å²) in [6, 6.07) is 4.01. The average Bonchev–Trinajstić information content (AvgIpc) is 2.17. The van der Waals surface area contributed by atoms with Crippen LogP contribution in [0.15, 0.2) is 18.2 Å². The summed E-state index contributed by atoms with van der Waals surface area (Å²) in [5, 5.41) is 12.8. The lowest BCUT2D eigenvalue weighted by atomic mass is 10.2. The third-order valence-corrected chi connectivity index (χ3v) is 1.56. The van der Waals surface area contributed by atoms with Crippen LogP contribution in [0.25, 0.3) is 0 Å². The number of carbonyl (C=O) groups excluding carboxylic acids is 1. The molecule has 0 heterocycles. The van der Waals surface area contributed by atoms with E-state index in [-0.39, 0.29) is 5.69 Å². The molecule has 0 atom stereocenters. The van der Waals surface area contributed by atoms with Crippen LogP contribution in [0.5, 0.6) is 5.75 Å². The molecule has 1 aromatic carbocycles. The highest BCUT2D eigenvalue weighted by atomic mass is 16.6. The molecule has 0 fully saturated rings. The predicted octanol–water partition coefficient (Wildman–Crippen LogP) is 1.17. The zero-order chi connectivity index (χ0) is 10.6. The van der Waals surface area contributed by atoms with Crippen molar-refractivity contribution >= 4 is 17.8 Å². The molecular weight excluding hydrogens is 188 g/mol. The van der Waals surface area contributed by atoms with E-state index in [9.17, 15) is 14.9 Å². The molecule has 0 saturated heterocycles. The summed E-state index contributed by atoms with van der Waals surface area (Å²) < 4.78 is 4.83. The van der Waals surface area contributed by atoms with Gasteiger partial charge in [0.2, 0.25) is 6.41 Å². The summed E-state index contributed by atoms with van der Waals surface area (Å²) >= 11 is 0. The number of nitrogens with one attached hydrogen (secondary N) is 1. The van der Waals surface area contributed by atoms with E-state index in [0.29, 0.717) is 17.8 Å². The number of rotatable bonds is 4. The van der Waals surface area contributed by atoms with Crippen LogP contribution in [0, 0.1) is 10.1 Å². The summed E-state index contributed by atoms with van der Waals surface area (Å²) in [6.45, 7) is 0. The molecule has 0 unspecified atom stereocenters. The molecule has 0 aromatic heterocycles. The second kappa shape index (κ2) is 4.22. The van der Waals surface area contributed by atoms with Gasteiger partial charge in [-0.05, 0) is 0 Å². The van der Waals surface area contributed by atoms with Gasteiger partial charge >= 0.3 is 0 Å². The molecule has 0 aliphatic carbocycles. The molecule has 1 N–H and O–H groups in total. The topological polar surface area (TPSA) is 81.5 Å². The summed E-state index contributed by atoms with van der Waals surface area (Å²) in [7, 11) is 1.39. The fourth-order valence-corrected chi connectivity index (χ4v) is 0.958. The number of non-ortho nitro benzene ring substituents is 1. The van der Waals surface area contributed by atoms with E-state index in [0.717, 1.165) is 0 Å². The van der Waals surface area contributed by atoms with E-state index in [1.807, 2.05) is 0 Å². The van der Waals surface area contributed by atoms with Gasteiger partial charge in [0.15, 0.2) is 0 Å². The van der Waals surface area contributed by atoms with Gasteiger partial charge in [0.25, 0.3) is 5.69 Å². The second-order valence-electron chi connectivity index (χ2n) is 2.44. The molecule has 1 amide bonds. The molecule has 0 spiro atoms. The first-order valence-corrected chi connectivity index (χ1v) is 3.71. The minimum atomic E-state index is -0.557. The lowest BCUT2D eigenvalue weighted by Gasteiger charge is -2.03. The Bertz CT molecular complexity index is 364. The molecule has 74 valence electrons. The molecule has 6 nitrogen and oxygen atoms in total. The Kier molecular flexibility index (Phi) is 3.01. The molecule has 0 aliphatic heterocycles. The molecular formula is C8H8N2O4. The van der Waals surface area contributed by atoms with Crippen molar-refractivity contribution in [3.63, 3.8) is 0 Å². The minimum absolute atomic E-state index is 0.131. The molecule has 14 heavy (non-hydrogen) atoms. The van der Waals surface area contributed by atoms with Crippen molar-refractivity contribution in [1.29, 1.82) is 0 Å². The maximum Gasteiger partial charge on any atom is 0.275 e. The van der Waals surface area contributed by atoms with Crippen LogP contribution in [-0.2, 0) is 4.79 Å². The number of nitro groups is 1. The number of nitro benzene ring substituents is 1.